The van der Waals surface area contributed by atoms with Crippen LogP contribution in [0.2, 0.25) is 0 Å². The second kappa shape index (κ2) is 9.64. The first kappa shape index (κ1) is 23.0. The van der Waals surface area contributed by atoms with E-state index in [9.17, 15) is 9.59 Å². The van der Waals surface area contributed by atoms with Crippen LogP contribution in [0.5, 0.6) is 0 Å². The molecule has 0 unspecified atom stereocenters. The second-order valence-corrected chi connectivity index (χ2v) is 8.71. The number of hydrogen-bond acceptors (Lipinski definition) is 5. The average Bonchev–Trinajstić information content (AvgIpc) is 3.01. The van der Waals surface area contributed by atoms with Crippen molar-refractivity contribution < 1.29 is 14.3 Å². The Morgan fingerprint density at radius 3 is 2.25 bits per heavy atom. The largest absolute Gasteiger partial charge is 0.459 e. The number of amides is 1. The highest BCUT2D eigenvalue weighted by molar-refractivity contribution is 6.19. The number of carbonyl (C=O) groups is 2. The second-order valence-electron chi connectivity index (χ2n) is 8.71. The summed E-state index contributed by atoms with van der Waals surface area (Å²) in [4.78, 5) is 33.4. The van der Waals surface area contributed by atoms with E-state index in [1.165, 1.54) is 4.90 Å². The molecular formula is C26H29N3O3. The minimum absolute atomic E-state index is 0.203. The highest BCUT2D eigenvalue weighted by atomic mass is 16.6. The number of esters is 1. The number of nitrogens with zero attached hydrogens (tertiary/aromatic N) is 3. The quantitative estimate of drug-likeness (QED) is 0.503. The molecule has 0 N–H and O–H groups in total. The summed E-state index contributed by atoms with van der Waals surface area (Å²) in [7, 11) is 3.94. The molecule has 0 bridgehead atoms. The van der Waals surface area contributed by atoms with Gasteiger partial charge in [-0.25, -0.2) is 4.99 Å². The zero-order valence-electron chi connectivity index (χ0n) is 19.2. The van der Waals surface area contributed by atoms with Gasteiger partial charge in [0, 0.05) is 19.8 Å². The molecule has 3 rings (SSSR count). The molecule has 1 aliphatic rings. The molecule has 0 radical (unpaired) electrons. The van der Waals surface area contributed by atoms with Gasteiger partial charge in [-0.1, -0.05) is 48.5 Å². The first-order valence-corrected chi connectivity index (χ1v) is 10.5. The van der Waals surface area contributed by atoms with Crippen molar-refractivity contribution in [3.8, 4) is 0 Å². The predicted octanol–water partition coefficient (Wildman–Crippen LogP) is 4.39. The van der Waals surface area contributed by atoms with Crippen molar-refractivity contribution >= 4 is 35.6 Å². The first-order valence-electron chi connectivity index (χ1n) is 10.5. The van der Waals surface area contributed by atoms with Crippen LogP contribution in [0.25, 0.3) is 12.2 Å². The van der Waals surface area contributed by atoms with Crippen molar-refractivity contribution in [1.82, 2.24) is 4.90 Å². The minimum Gasteiger partial charge on any atom is -0.459 e. The van der Waals surface area contributed by atoms with Crippen LogP contribution >= 0.6 is 0 Å². The number of benzene rings is 2. The fourth-order valence-corrected chi connectivity index (χ4v) is 3.11. The Bertz CT molecular complexity index is 1060. The number of aliphatic imine (C=N–C) groups is 1. The third kappa shape index (κ3) is 6.17. The van der Waals surface area contributed by atoms with E-state index < -0.39 is 11.6 Å². The van der Waals surface area contributed by atoms with Crippen molar-refractivity contribution in [2.45, 2.75) is 26.4 Å². The van der Waals surface area contributed by atoms with E-state index in [-0.39, 0.29) is 18.1 Å². The van der Waals surface area contributed by atoms with E-state index in [4.69, 9.17) is 4.74 Å². The van der Waals surface area contributed by atoms with E-state index >= 15 is 0 Å². The van der Waals surface area contributed by atoms with Gasteiger partial charge in [-0.05, 0) is 56.2 Å². The van der Waals surface area contributed by atoms with Gasteiger partial charge in [0.2, 0.25) is 0 Å². The first-order chi connectivity index (χ1) is 15.1. The molecule has 0 spiro atoms. The molecule has 2 aromatic rings. The van der Waals surface area contributed by atoms with Gasteiger partial charge in [0.05, 0.1) is 0 Å². The Morgan fingerprint density at radius 1 is 1.00 bits per heavy atom. The van der Waals surface area contributed by atoms with Crippen LogP contribution in [0.15, 0.2) is 71.4 Å². The maximum Gasteiger partial charge on any atom is 0.326 e. The van der Waals surface area contributed by atoms with E-state index in [1.807, 2.05) is 79.7 Å². The maximum absolute atomic E-state index is 13.1. The smallest absolute Gasteiger partial charge is 0.326 e. The predicted molar refractivity (Wildman–Crippen MR) is 129 cm³/mol. The molecule has 1 heterocycles. The van der Waals surface area contributed by atoms with E-state index in [0.717, 1.165) is 16.8 Å². The minimum atomic E-state index is -0.635. The molecule has 0 fully saturated rings. The zero-order valence-corrected chi connectivity index (χ0v) is 19.2. The SMILES string of the molecule is CN(C)c1ccc(C=C2N=C(C=Cc3ccccc3)N(CC(=O)OC(C)(C)C)C2=O)cc1. The van der Waals surface area contributed by atoms with Crippen molar-refractivity contribution in [2.24, 2.45) is 4.99 Å². The Labute approximate surface area is 189 Å². The lowest BCUT2D eigenvalue weighted by molar-refractivity contribution is -0.156. The van der Waals surface area contributed by atoms with Crippen LogP contribution < -0.4 is 4.90 Å². The lowest BCUT2D eigenvalue weighted by Gasteiger charge is -2.22. The van der Waals surface area contributed by atoms with Gasteiger partial charge in [0.25, 0.3) is 5.91 Å². The molecule has 166 valence electrons. The summed E-state index contributed by atoms with van der Waals surface area (Å²) in [5.41, 5.74) is 2.53. The summed E-state index contributed by atoms with van der Waals surface area (Å²) in [6, 6.07) is 17.5. The molecule has 0 atom stereocenters. The van der Waals surface area contributed by atoms with Crippen LogP contribution in [0.1, 0.15) is 31.9 Å². The summed E-state index contributed by atoms with van der Waals surface area (Å²) >= 11 is 0. The Balaban J connectivity index is 1.89. The number of rotatable bonds is 6. The molecular weight excluding hydrogens is 402 g/mol. The fraction of sp³-hybridized carbons (Fsp3) is 0.269. The molecule has 1 aliphatic heterocycles. The van der Waals surface area contributed by atoms with Crippen LogP contribution in [-0.4, -0.2) is 48.9 Å². The van der Waals surface area contributed by atoms with Crippen LogP contribution in [0, 0.1) is 0 Å². The Morgan fingerprint density at radius 2 is 1.66 bits per heavy atom. The zero-order chi connectivity index (χ0) is 23.3. The van der Waals surface area contributed by atoms with Crippen LogP contribution in [0.4, 0.5) is 5.69 Å². The van der Waals surface area contributed by atoms with Crippen molar-refractivity contribution in [3.63, 3.8) is 0 Å². The molecule has 2 aromatic carbocycles. The number of ether oxygens (including phenoxy) is 1. The van der Waals surface area contributed by atoms with Gasteiger partial charge < -0.3 is 9.64 Å². The number of anilines is 1. The highest BCUT2D eigenvalue weighted by Crippen LogP contribution is 2.22. The van der Waals surface area contributed by atoms with Crippen molar-refractivity contribution in [1.29, 1.82) is 0 Å². The molecule has 32 heavy (non-hydrogen) atoms. The topological polar surface area (TPSA) is 62.2 Å². The molecule has 0 aliphatic carbocycles. The van der Waals surface area contributed by atoms with Gasteiger partial charge in [0.1, 0.15) is 23.7 Å². The third-order valence-corrected chi connectivity index (χ3v) is 4.62. The lowest BCUT2D eigenvalue weighted by Crippen LogP contribution is -2.39. The summed E-state index contributed by atoms with van der Waals surface area (Å²) in [6.45, 7) is 5.18. The average molecular weight is 432 g/mol. The van der Waals surface area contributed by atoms with Crippen molar-refractivity contribution in [2.75, 3.05) is 25.5 Å². The molecule has 0 aromatic heterocycles. The van der Waals surface area contributed by atoms with Gasteiger partial charge in [-0.2, -0.15) is 0 Å². The van der Waals surface area contributed by atoms with Gasteiger partial charge >= 0.3 is 5.97 Å². The lowest BCUT2D eigenvalue weighted by atomic mass is 10.1. The summed E-state index contributed by atoms with van der Waals surface area (Å²) in [5.74, 6) is -0.413. The Kier molecular flexibility index (Phi) is 6.93. The van der Waals surface area contributed by atoms with Crippen molar-refractivity contribution in [3.05, 3.63) is 77.5 Å². The normalized spacial score (nSPS) is 15.4. The molecule has 1 amide bonds. The third-order valence-electron chi connectivity index (χ3n) is 4.62. The van der Waals surface area contributed by atoms with Crippen LogP contribution in [0.3, 0.4) is 0 Å². The number of hydrogen-bond donors (Lipinski definition) is 0. The summed E-state index contributed by atoms with van der Waals surface area (Å²) in [5, 5.41) is 0. The van der Waals surface area contributed by atoms with Gasteiger partial charge in [-0.3, -0.25) is 14.5 Å². The Hall–Kier alpha value is -3.67. The summed E-state index contributed by atoms with van der Waals surface area (Å²) < 4.78 is 5.41. The monoisotopic (exact) mass is 431 g/mol. The highest BCUT2D eigenvalue weighted by Gasteiger charge is 2.32. The van der Waals surface area contributed by atoms with Gasteiger partial charge in [0.15, 0.2) is 0 Å². The molecule has 6 heteroatoms. The van der Waals surface area contributed by atoms with E-state index in [0.29, 0.717) is 5.84 Å². The van der Waals surface area contributed by atoms with Crippen LogP contribution in [-0.2, 0) is 14.3 Å². The molecule has 6 nitrogen and oxygen atoms in total. The van der Waals surface area contributed by atoms with E-state index in [2.05, 4.69) is 4.99 Å². The number of carbonyl (C=O) groups excluding carboxylic acids is 2. The standard InChI is InChI=1S/C26H29N3O3/c1-26(2,3)32-24(30)18-29-23(16-13-19-9-7-6-8-10-19)27-22(25(29)31)17-20-11-14-21(15-12-20)28(4)5/h6-17H,18H2,1-5H3. The number of amidine groups is 1. The van der Waals surface area contributed by atoms with E-state index in [1.54, 1.807) is 32.9 Å². The maximum atomic E-state index is 13.1. The summed E-state index contributed by atoms with van der Waals surface area (Å²) in [6.07, 6.45) is 5.34. The molecule has 0 saturated heterocycles. The van der Waals surface area contributed by atoms with Gasteiger partial charge in [-0.15, -0.1) is 0 Å². The fourth-order valence-electron chi connectivity index (χ4n) is 3.11. The molecule has 0 saturated carbocycles.